The van der Waals surface area contributed by atoms with Crippen LogP contribution in [0.3, 0.4) is 0 Å². The standard InChI is InChI=1S/C6H5Br2NO/c7-4-1-3(9)2-5(10)6(4)8/h1-2,10H,9H2. The summed E-state index contributed by atoms with van der Waals surface area (Å²) in [5.41, 5.74) is 5.95. The Hall–Kier alpha value is -0.220. The second-order valence-electron chi connectivity index (χ2n) is 1.84. The van der Waals surface area contributed by atoms with E-state index in [1.165, 1.54) is 6.07 Å². The van der Waals surface area contributed by atoms with Crippen LogP contribution < -0.4 is 5.73 Å². The van der Waals surface area contributed by atoms with Gasteiger partial charge in [0.2, 0.25) is 0 Å². The summed E-state index contributed by atoms with van der Waals surface area (Å²) in [5, 5.41) is 9.12. The molecule has 4 heteroatoms. The van der Waals surface area contributed by atoms with Crippen molar-refractivity contribution in [3.05, 3.63) is 21.1 Å². The number of benzene rings is 1. The van der Waals surface area contributed by atoms with E-state index in [1.807, 2.05) is 0 Å². The first kappa shape index (κ1) is 7.88. The fourth-order valence-corrected chi connectivity index (χ4v) is 1.29. The van der Waals surface area contributed by atoms with E-state index in [1.54, 1.807) is 6.07 Å². The lowest BCUT2D eigenvalue weighted by Gasteiger charge is -2.00. The molecule has 1 rings (SSSR count). The maximum Gasteiger partial charge on any atom is 0.132 e. The van der Waals surface area contributed by atoms with Gasteiger partial charge in [-0.3, -0.25) is 0 Å². The highest BCUT2D eigenvalue weighted by Gasteiger charge is 2.02. The van der Waals surface area contributed by atoms with Gasteiger partial charge in [-0.25, -0.2) is 0 Å². The van der Waals surface area contributed by atoms with E-state index in [-0.39, 0.29) is 5.75 Å². The van der Waals surface area contributed by atoms with Crippen molar-refractivity contribution in [3.8, 4) is 5.75 Å². The van der Waals surface area contributed by atoms with Gasteiger partial charge in [0.1, 0.15) is 5.75 Å². The molecule has 2 nitrogen and oxygen atoms in total. The zero-order valence-electron chi connectivity index (χ0n) is 4.94. The van der Waals surface area contributed by atoms with E-state index in [0.717, 1.165) is 4.47 Å². The summed E-state index contributed by atoms with van der Waals surface area (Å²) >= 11 is 6.37. The van der Waals surface area contributed by atoms with Gasteiger partial charge in [0.15, 0.2) is 0 Å². The fraction of sp³-hybridized carbons (Fsp3) is 0. The molecule has 0 atom stereocenters. The number of nitrogens with two attached hydrogens (primary N) is 1. The van der Waals surface area contributed by atoms with Crippen LogP contribution in [0.15, 0.2) is 21.1 Å². The summed E-state index contributed by atoms with van der Waals surface area (Å²) < 4.78 is 1.38. The molecular weight excluding hydrogens is 262 g/mol. The van der Waals surface area contributed by atoms with Crippen molar-refractivity contribution < 1.29 is 5.11 Å². The minimum Gasteiger partial charge on any atom is -0.507 e. The summed E-state index contributed by atoms with van der Waals surface area (Å²) in [6, 6.07) is 3.19. The minimum absolute atomic E-state index is 0.145. The van der Waals surface area contributed by atoms with Crippen molar-refractivity contribution in [2.75, 3.05) is 5.73 Å². The summed E-state index contributed by atoms with van der Waals surface area (Å²) in [6.07, 6.45) is 0. The van der Waals surface area contributed by atoms with Crippen LogP contribution >= 0.6 is 31.9 Å². The van der Waals surface area contributed by atoms with Crippen LogP contribution in [0, 0.1) is 0 Å². The second kappa shape index (κ2) is 2.80. The van der Waals surface area contributed by atoms with Crippen molar-refractivity contribution in [1.29, 1.82) is 0 Å². The first-order chi connectivity index (χ1) is 4.61. The van der Waals surface area contributed by atoms with Crippen molar-refractivity contribution in [3.63, 3.8) is 0 Å². The normalized spacial score (nSPS) is 9.80. The molecule has 0 unspecified atom stereocenters. The fourth-order valence-electron chi connectivity index (χ4n) is 0.595. The molecule has 0 radical (unpaired) electrons. The maximum absolute atomic E-state index is 9.12. The number of rotatable bonds is 0. The quantitative estimate of drug-likeness (QED) is 0.709. The Bertz CT molecular complexity index is 239. The molecule has 1 aromatic rings. The summed E-state index contributed by atoms with van der Waals surface area (Å²) in [7, 11) is 0. The van der Waals surface area contributed by atoms with Crippen molar-refractivity contribution in [1.82, 2.24) is 0 Å². The van der Waals surface area contributed by atoms with Gasteiger partial charge in [-0.05, 0) is 37.9 Å². The topological polar surface area (TPSA) is 46.2 Å². The lowest BCUT2D eigenvalue weighted by Crippen LogP contribution is -1.84. The van der Waals surface area contributed by atoms with E-state index in [2.05, 4.69) is 31.9 Å². The molecule has 0 amide bonds. The summed E-state index contributed by atoms with van der Waals surface area (Å²) in [5.74, 6) is 0.145. The van der Waals surface area contributed by atoms with Crippen molar-refractivity contribution in [2.24, 2.45) is 0 Å². The molecule has 0 heterocycles. The molecule has 1 aromatic carbocycles. The Morgan fingerprint density at radius 1 is 1.30 bits per heavy atom. The van der Waals surface area contributed by atoms with Gasteiger partial charge in [0.05, 0.1) is 4.47 Å². The lowest BCUT2D eigenvalue weighted by atomic mass is 10.3. The third-order valence-electron chi connectivity index (χ3n) is 1.03. The Labute approximate surface area is 75.3 Å². The highest BCUT2D eigenvalue weighted by atomic mass is 79.9. The van der Waals surface area contributed by atoms with Crippen LogP contribution in [0.2, 0.25) is 0 Å². The van der Waals surface area contributed by atoms with Crippen LogP contribution in [0.4, 0.5) is 5.69 Å². The highest BCUT2D eigenvalue weighted by Crippen LogP contribution is 2.33. The molecular formula is C6H5Br2NO. The van der Waals surface area contributed by atoms with Crippen LogP contribution in [0.5, 0.6) is 5.75 Å². The SMILES string of the molecule is Nc1cc(O)c(Br)c(Br)c1. The largest absolute Gasteiger partial charge is 0.507 e. The number of hydrogen-bond acceptors (Lipinski definition) is 2. The van der Waals surface area contributed by atoms with E-state index < -0.39 is 0 Å². The zero-order valence-corrected chi connectivity index (χ0v) is 8.11. The minimum atomic E-state index is 0.145. The molecule has 0 fully saturated rings. The predicted octanol–water partition coefficient (Wildman–Crippen LogP) is 2.50. The number of aromatic hydroxyl groups is 1. The van der Waals surface area contributed by atoms with Crippen molar-refractivity contribution >= 4 is 37.5 Å². The van der Waals surface area contributed by atoms with Gasteiger partial charge in [-0.2, -0.15) is 0 Å². The van der Waals surface area contributed by atoms with E-state index in [0.29, 0.717) is 10.2 Å². The Kier molecular flexibility index (Phi) is 2.21. The molecule has 0 aliphatic rings. The second-order valence-corrected chi connectivity index (χ2v) is 3.48. The number of halogens is 2. The van der Waals surface area contributed by atoms with E-state index >= 15 is 0 Å². The highest BCUT2D eigenvalue weighted by molar-refractivity contribution is 9.13. The smallest absolute Gasteiger partial charge is 0.132 e. The molecule has 54 valence electrons. The van der Waals surface area contributed by atoms with E-state index in [4.69, 9.17) is 10.8 Å². The molecule has 10 heavy (non-hydrogen) atoms. The number of anilines is 1. The average molecular weight is 267 g/mol. The first-order valence-corrected chi connectivity index (χ1v) is 4.13. The molecule has 0 aromatic heterocycles. The molecule has 3 N–H and O–H groups in total. The predicted molar refractivity (Wildman–Crippen MR) is 47.9 cm³/mol. The van der Waals surface area contributed by atoms with E-state index in [9.17, 15) is 0 Å². The summed E-state index contributed by atoms with van der Waals surface area (Å²) in [6.45, 7) is 0. The third-order valence-corrected chi connectivity index (χ3v) is 3.02. The van der Waals surface area contributed by atoms with Gasteiger partial charge < -0.3 is 10.8 Å². The van der Waals surface area contributed by atoms with Crippen LogP contribution in [0.1, 0.15) is 0 Å². The first-order valence-electron chi connectivity index (χ1n) is 2.54. The molecule has 0 aliphatic carbocycles. The van der Waals surface area contributed by atoms with Crippen molar-refractivity contribution in [2.45, 2.75) is 0 Å². The number of phenolic OH excluding ortho intramolecular Hbond substituents is 1. The van der Waals surface area contributed by atoms with Gasteiger partial charge in [-0.15, -0.1) is 0 Å². The number of phenols is 1. The number of hydrogen-bond donors (Lipinski definition) is 2. The Morgan fingerprint density at radius 2 is 1.90 bits per heavy atom. The molecule has 0 bridgehead atoms. The van der Waals surface area contributed by atoms with Crippen LogP contribution in [0.25, 0.3) is 0 Å². The zero-order chi connectivity index (χ0) is 7.72. The number of nitrogen functional groups attached to an aromatic ring is 1. The third kappa shape index (κ3) is 1.44. The monoisotopic (exact) mass is 265 g/mol. The Morgan fingerprint density at radius 3 is 2.40 bits per heavy atom. The lowest BCUT2D eigenvalue weighted by molar-refractivity contribution is 0.472. The van der Waals surface area contributed by atoms with Gasteiger partial charge in [0.25, 0.3) is 0 Å². The Balaban J connectivity index is 3.31. The van der Waals surface area contributed by atoms with Crippen LogP contribution in [-0.2, 0) is 0 Å². The average Bonchev–Trinajstić information content (AvgIpc) is 1.82. The molecule has 0 spiro atoms. The molecule has 0 saturated carbocycles. The van der Waals surface area contributed by atoms with Gasteiger partial charge in [-0.1, -0.05) is 0 Å². The maximum atomic E-state index is 9.12. The van der Waals surface area contributed by atoms with Gasteiger partial charge in [0, 0.05) is 16.2 Å². The molecule has 0 saturated heterocycles. The summed E-state index contributed by atoms with van der Waals surface area (Å²) in [4.78, 5) is 0. The molecule has 0 aliphatic heterocycles. The van der Waals surface area contributed by atoms with Gasteiger partial charge >= 0.3 is 0 Å². The van der Waals surface area contributed by atoms with Crippen LogP contribution in [-0.4, -0.2) is 5.11 Å².